The first kappa shape index (κ1) is 9.31. The highest BCUT2D eigenvalue weighted by molar-refractivity contribution is 4.96. The van der Waals surface area contributed by atoms with Crippen LogP contribution in [0.2, 0.25) is 0 Å². The summed E-state index contributed by atoms with van der Waals surface area (Å²) in [4.78, 5) is 0. The minimum absolute atomic E-state index is 1.13. The van der Waals surface area contributed by atoms with E-state index in [1.807, 2.05) is 6.08 Å². The molecule has 1 radical (unpaired) electrons. The second-order valence-corrected chi connectivity index (χ2v) is 3.11. The van der Waals surface area contributed by atoms with Crippen molar-refractivity contribution < 1.29 is 0 Å². The summed E-state index contributed by atoms with van der Waals surface area (Å²) in [6.07, 6.45) is 21.5. The van der Waals surface area contributed by atoms with Gasteiger partial charge in [0, 0.05) is 0 Å². The van der Waals surface area contributed by atoms with E-state index in [1.54, 1.807) is 0 Å². The van der Waals surface area contributed by atoms with Gasteiger partial charge in [0.1, 0.15) is 0 Å². The number of hydrogen-bond donors (Lipinski definition) is 0. The van der Waals surface area contributed by atoms with Crippen LogP contribution < -0.4 is 0 Å². The van der Waals surface area contributed by atoms with E-state index in [0.717, 1.165) is 6.42 Å². The minimum atomic E-state index is 1.13. The van der Waals surface area contributed by atoms with Crippen LogP contribution in [0.15, 0.2) is 30.4 Å². The first-order chi connectivity index (χ1) is 6.00. The lowest BCUT2D eigenvalue weighted by Crippen LogP contribution is -1.74. The van der Waals surface area contributed by atoms with Gasteiger partial charge in [0.05, 0.1) is 0 Å². The molecule has 0 atom stereocenters. The van der Waals surface area contributed by atoms with Crippen LogP contribution in [0.5, 0.6) is 0 Å². The van der Waals surface area contributed by atoms with Crippen molar-refractivity contribution in [3.05, 3.63) is 36.5 Å². The molecule has 0 bridgehead atoms. The zero-order chi connectivity index (χ0) is 8.49. The largest absolute Gasteiger partial charge is 0.0885 e. The van der Waals surface area contributed by atoms with Gasteiger partial charge in [0.2, 0.25) is 0 Å². The van der Waals surface area contributed by atoms with Crippen molar-refractivity contribution in [1.29, 1.82) is 0 Å². The van der Waals surface area contributed by atoms with Crippen LogP contribution in [0, 0.1) is 6.08 Å². The van der Waals surface area contributed by atoms with Gasteiger partial charge in [-0.3, -0.25) is 0 Å². The summed E-state index contributed by atoms with van der Waals surface area (Å²) in [6.45, 7) is 0. The van der Waals surface area contributed by atoms with E-state index in [-0.39, 0.29) is 0 Å². The molecular weight excluding hydrogens is 144 g/mol. The summed E-state index contributed by atoms with van der Waals surface area (Å²) >= 11 is 0. The van der Waals surface area contributed by atoms with Crippen molar-refractivity contribution >= 4 is 0 Å². The van der Waals surface area contributed by atoms with E-state index < -0.39 is 0 Å². The Hall–Kier alpha value is -0.780. The van der Waals surface area contributed by atoms with Crippen LogP contribution in [-0.2, 0) is 0 Å². The Morgan fingerprint density at radius 2 is 1.50 bits per heavy atom. The third-order valence-electron chi connectivity index (χ3n) is 1.97. The Kier molecular flexibility index (Phi) is 5.35. The van der Waals surface area contributed by atoms with E-state index >= 15 is 0 Å². The lowest BCUT2D eigenvalue weighted by atomic mass is 10.1. The van der Waals surface area contributed by atoms with E-state index in [9.17, 15) is 0 Å². The zero-order valence-electron chi connectivity index (χ0n) is 7.63. The fourth-order valence-corrected chi connectivity index (χ4v) is 1.24. The summed E-state index contributed by atoms with van der Waals surface area (Å²) < 4.78 is 0. The van der Waals surface area contributed by atoms with Crippen LogP contribution >= 0.6 is 0 Å². The monoisotopic (exact) mass is 161 g/mol. The molecule has 0 aromatic carbocycles. The van der Waals surface area contributed by atoms with Crippen molar-refractivity contribution in [1.82, 2.24) is 0 Å². The van der Waals surface area contributed by atoms with E-state index in [1.165, 1.54) is 32.1 Å². The molecule has 0 spiro atoms. The van der Waals surface area contributed by atoms with Crippen LogP contribution in [0.4, 0.5) is 0 Å². The van der Waals surface area contributed by atoms with Gasteiger partial charge >= 0.3 is 0 Å². The normalized spacial score (nSPS) is 20.0. The fraction of sp³-hybridized carbons (Fsp3) is 0.500. The molecule has 0 aromatic heterocycles. The standard InChI is InChI=1S/C12H17/c1-2-4-6-8-10-12-11-9-7-5-3-1/h1-2,7,11-12H,3-6,8,10H2. The van der Waals surface area contributed by atoms with Crippen molar-refractivity contribution in [2.45, 2.75) is 38.5 Å². The van der Waals surface area contributed by atoms with Gasteiger partial charge in [0.15, 0.2) is 0 Å². The fourth-order valence-electron chi connectivity index (χ4n) is 1.24. The first-order valence-corrected chi connectivity index (χ1v) is 4.88. The van der Waals surface area contributed by atoms with Gasteiger partial charge in [-0.25, -0.2) is 0 Å². The molecule has 0 saturated carbocycles. The Morgan fingerprint density at radius 3 is 2.42 bits per heavy atom. The molecule has 1 rings (SSSR count). The molecule has 0 aromatic rings. The molecule has 0 heterocycles. The molecule has 1 aliphatic rings. The van der Waals surface area contributed by atoms with Crippen molar-refractivity contribution in [3.8, 4) is 0 Å². The van der Waals surface area contributed by atoms with Gasteiger partial charge < -0.3 is 0 Å². The van der Waals surface area contributed by atoms with Gasteiger partial charge in [-0.1, -0.05) is 30.4 Å². The maximum Gasteiger partial charge on any atom is -0.0230 e. The molecule has 1 aliphatic carbocycles. The topological polar surface area (TPSA) is 0 Å². The lowest BCUT2D eigenvalue weighted by molar-refractivity contribution is 0.759. The molecule has 0 heteroatoms. The van der Waals surface area contributed by atoms with Crippen molar-refractivity contribution in [3.63, 3.8) is 0 Å². The Balaban J connectivity index is 2.31. The molecule has 0 unspecified atom stereocenters. The van der Waals surface area contributed by atoms with E-state index in [2.05, 4.69) is 30.4 Å². The highest BCUT2D eigenvalue weighted by Crippen LogP contribution is 2.04. The van der Waals surface area contributed by atoms with Gasteiger partial charge in [-0.15, -0.1) is 0 Å². The number of allylic oxidation sites excluding steroid dienone is 6. The van der Waals surface area contributed by atoms with Crippen molar-refractivity contribution in [2.24, 2.45) is 0 Å². The Morgan fingerprint density at radius 1 is 0.750 bits per heavy atom. The van der Waals surface area contributed by atoms with Gasteiger partial charge in [-0.05, 0) is 44.6 Å². The molecule has 0 N–H and O–H groups in total. The molecule has 0 aliphatic heterocycles. The molecular formula is C12H17. The van der Waals surface area contributed by atoms with Gasteiger partial charge in [0.25, 0.3) is 0 Å². The summed E-state index contributed by atoms with van der Waals surface area (Å²) in [5.41, 5.74) is 0. The first-order valence-electron chi connectivity index (χ1n) is 4.88. The molecule has 65 valence electrons. The maximum atomic E-state index is 3.16. The molecule has 0 nitrogen and oxygen atoms in total. The Labute approximate surface area is 75.7 Å². The Bertz CT molecular complexity index is 172. The SMILES string of the molecule is [C]1=CCCC=CCCCCC=C1. The van der Waals surface area contributed by atoms with Crippen LogP contribution in [0.25, 0.3) is 0 Å². The van der Waals surface area contributed by atoms with Crippen LogP contribution in [0.3, 0.4) is 0 Å². The average Bonchev–Trinajstić information content (AvgIpc) is 2.05. The van der Waals surface area contributed by atoms with Crippen molar-refractivity contribution in [2.75, 3.05) is 0 Å². The average molecular weight is 161 g/mol. The lowest BCUT2D eigenvalue weighted by Gasteiger charge is -1.94. The van der Waals surface area contributed by atoms with Crippen LogP contribution in [-0.4, -0.2) is 0 Å². The minimum Gasteiger partial charge on any atom is -0.0885 e. The summed E-state index contributed by atoms with van der Waals surface area (Å²) in [5, 5.41) is 0. The number of rotatable bonds is 0. The van der Waals surface area contributed by atoms with Gasteiger partial charge in [-0.2, -0.15) is 0 Å². The molecule has 12 heavy (non-hydrogen) atoms. The highest BCUT2D eigenvalue weighted by Gasteiger charge is 1.84. The predicted octanol–water partition coefficient (Wildman–Crippen LogP) is 3.81. The summed E-state index contributed by atoms with van der Waals surface area (Å²) in [7, 11) is 0. The quantitative estimate of drug-likeness (QED) is 0.474. The predicted molar refractivity (Wildman–Crippen MR) is 53.8 cm³/mol. The zero-order valence-corrected chi connectivity index (χ0v) is 7.63. The van der Waals surface area contributed by atoms with E-state index in [4.69, 9.17) is 0 Å². The summed E-state index contributed by atoms with van der Waals surface area (Å²) in [6, 6.07) is 0. The second-order valence-electron chi connectivity index (χ2n) is 3.11. The highest BCUT2D eigenvalue weighted by atomic mass is 13.9. The smallest absolute Gasteiger partial charge is 0.0230 e. The third kappa shape index (κ3) is 4.95. The van der Waals surface area contributed by atoms with E-state index in [0.29, 0.717) is 0 Å². The molecule has 0 saturated heterocycles. The van der Waals surface area contributed by atoms with Crippen LogP contribution in [0.1, 0.15) is 38.5 Å². The summed E-state index contributed by atoms with van der Waals surface area (Å²) in [5.74, 6) is 0. The molecule has 0 fully saturated rings. The third-order valence-corrected chi connectivity index (χ3v) is 1.97. The number of hydrogen-bond acceptors (Lipinski definition) is 0. The maximum absolute atomic E-state index is 3.16. The second kappa shape index (κ2) is 6.90. The molecule has 0 amide bonds.